The van der Waals surface area contributed by atoms with Crippen molar-refractivity contribution in [1.82, 2.24) is 24.8 Å². The standard InChI is InChI=1S/C34H36FN7O2/c1-20-8-6-9-24-10-7-11-26(29(20)24)30-21(2)31-27(18-37-30)32(39-34(38-31)44-28-13-15-40(5)23(28)4)41-16-17-42(33(43)22(3)35)25(19-41)12-14-36/h6-11,18,23,25,28H,3,12-13,15-17,19H2,1-2,4-5H3/t23-,25+,28-/m1/s1. The normalized spacial score (nSPS) is 20.7. The first-order valence-corrected chi connectivity index (χ1v) is 15.0. The third-order valence-corrected chi connectivity index (χ3v) is 9.16. The van der Waals surface area contributed by atoms with Gasteiger partial charge in [0.1, 0.15) is 11.9 Å². The molecular formula is C34H36FN7O2. The molecule has 3 atom stereocenters. The number of likely N-dealkylation sites (N-methyl/N-ethyl adjacent to an activating group) is 1. The highest BCUT2D eigenvalue weighted by atomic mass is 19.1. The first-order chi connectivity index (χ1) is 21.2. The van der Waals surface area contributed by atoms with E-state index in [0.29, 0.717) is 18.9 Å². The molecule has 10 heteroatoms. The monoisotopic (exact) mass is 593 g/mol. The summed E-state index contributed by atoms with van der Waals surface area (Å²) in [6, 6.07) is 14.6. The van der Waals surface area contributed by atoms with Gasteiger partial charge in [0, 0.05) is 49.5 Å². The number of carbonyl (C=O) groups is 1. The number of benzene rings is 2. The Bertz CT molecular complexity index is 1810. The summed E-state index contributed by atoms with van der Waals surface area (Å²) in [7, 11) is 2.08. The van der Waals surface area contributed by atoms with Crippen LogP contribution in [0.1, 0.15) is 30.9 Å². The summed E-state index contributed by atoms with van der Waals surface area (Å²) in [5, 5.41) is 12.6. The van der Waals surface area contributed by atoms with Crippen LogP contribution in [0.5, 0.6) is 6.01 Å². The number of hydrogen-bond acceptors (Lipinski definition) is 8. The second kappa shape index (κ2) is 11.8. The Morgan fingerprint density at radius 1 is 1.16 bits per heavy atom. The van der Waals surface area contributed by atoms with E-state index < -0.39 is 17.8 Å². The number of rotatable bonds is 6. The number of piperazine rings is 1. The number of fused-ring (bicyclic) bond motifs is 2. The van der Waals surface area contributed by atoms with Crippen LogP contribution in [0, 0.1) is 25.2 Å². The van der Waals surface area contributed by atoms with E-state index in [1.807, 2.05) is 17.9 Å². The number of nitrogens with zero attached hydrogens (tertiary/aromatic N) is 7. The molecule has 2 aromatic heterocycles. The molecule has 0 bridgehead atoms. The van der Waals surface area contributed by atoms with Crippen molar-refractivity contribution in [2.45, 2.75) is 51.8 Å². The van der Waals surface area contributed by atoms with E-state index >= 15 is 0 Å². The second-order valence-electron chi connectivity index (χ2n) is 11.8. The number of aryl methyl sites for hydroxylation is 2. The van der Waals surface area contributed by atoms with Crippen LogP contribution in [0.2, 0.25) is 0 Å². The number of ether oxygens (including phenoxy) is 1. The molecular weight excluding hydrogens is 557 g/mol. The van der Waals surface area contributed by atoms with Gasteiger partial charge in [-0.1, -0.05) is 43.0 Å². The molecule has 0 aliphatic carbocycles. The molecule has 6 rings (SSSR count). The van der Waals surface area contributed by atoms with Crippen LogP contribution in [0.25, 0.3) is 32.9 Å². The van der Waals surface area contributed by atoms with Gasteiger partial charge in [0.05, 0.1) is 35.1 Å². The van der Waals surface area contributed by atoms with Gasteiger partial charge in [0.15, 0.2) is 5.83 Å². The van der Waals surface area contributed by atoms with Crippen molar-refractivity contribution in [3.8, 4) is 23.3 Å². The number of anilines is 1. The lowest BCUT2D eigenvalue weighted by Gasteiger charge is -2.41. The van der Waals surface area contributed by atoms with Gasteiger partial charge in [-0.2, -0.15) is 15.2 Å². The Balaban J connectivity index is 1.48. The smallest absolute Gasteiger partial charge is 0.319 e. The second-order valence-corrected chi connectivity index (χ2v) is 11.8. The number of amides is 1. The first kappa shape index (κ1) is 29.5. The topological polar surface area (TPSA) is 98.5 Å². The summed E-state index contributed by atoms with van der Waals surface area (Å²) in [6.07, 6.45) is 2.65. The fourth-order valence-corrected chi connectivity index (χ4v) is 6.57. The minimum Gasteiger partial charge on any atom is -0.458 e. The highest BCUT2D eigenvalue weighted by Gasteiger charge is 2.35. The quantitative estimate of drug-likeness (QED) is 0.276. The minimum absolute atomic E-state index is 0.0513. The molecule has 4 heterocycles. The summed E-state index contributed by atoms with van der Waals surface area (Å²) >= 11 is 0. The molecule has 2 fully saturated rings. The molecule has 2 aromatic carbocycles. The van der Waals surface area contributed by atoms with E-state index in [1.54, 1.807) is 6.20 Å². The van der Waals surface area contributed by atoms with E-state index in [4.69, 9.17) is 19.7 Å². The van der Waals surface area contributed by atoms with Gasteiger partial charge in [0.25, 0.3) is 5.91 Å². The van der Waals surface area contributed by atoms with Crippen LogP contribution in [0.3, 0.4) is 0 Å². The maximum Gasteiger partial charge on any atom is 0.319 e. The van der Waals surface area contributed by atoms with E-state index in [9.17, 15) is 14.4 Å². The molecule has 0 unspecified atom stereocenters. The molecule has 44 heavy (non-hydrogen) atoms. The average Bonchev–Trinajstić information content (AvgIpc) is 3.33. The van der Waals surface area contributed by atoms with E-state index in [-0.39, 0.29) is 31.1 Å². The van der Waals surface area contributed by atoms with Gasteiger partial charge in [-0.15, -0.1) is 0 Å². The summed E-state index contributed by atoms with van der Waals surface area (Å²) in [6.45, 7) is 11.3. The largest absolute Gasteiger partial charge is 0.458 e. The molecule has 2 saturated heterocycles. The predicted molar refractivity (Wildman–Crippen MR) is 169 cm³/mol. The third-order valence-electron chi connectivity index (χ3n) is 9.16. The number of halogens is 1. The number of likely N-dealkylation sites (tertiary alicyclic amines) is 1. The van der Waals surface area contributed by atoms with Crippen molar-refractivity contribution in [3.63, 3.8) is 0 Å². The molecule has 0 N–H and O–H groups in total. The van der Waals surface area contributed by atoms with Crippen molar-refractivity contribution in [3.05, 3.63) is 66.1 Å². The maximum atomic E-state index is 13.8. The minimum atomic E-state index is -1.03. The van der Waals surface area contributed by atoms with Crippen LogP contribution in [0.15, 0.2) is 55.0 Å². The van der Waals surface area contributed by atoms with Gasteiger partial charge >= 0.3 is 6.01 Å². The fraction of sp³-hybridized carbons (Fsp3) is 0.382. The van der Waals surface area contributed by atoms with Gasteiger partial charge in [-0.25, -0.2) is 4.39 Å². The molecule has 9 nitrogen and oxygen atoms in total. The summed E-state index contributed by atoms with van der Waals surface area (Å²) < 4.78 is 20.3. The number of pyridine rings is 1. The van der Waals surface area contributed by atoms with Crippen LogP contribution in [-0.2, 0) is 4.79 Å². The Labute approximate surface area is 256 Å². The van der Waals surface area contributed by atoms with Crippen LogP contribution in [-0.4, -0.2) is 82.1 Å². The molecule has 2 aliphatic rings. The molecule has 0 spiro atoms. The van der Waals surface area contributed by atoms with E-state index in [1.165, 1.54) is 4.90 Å². The van der Waals surface area contributed by atoms with Crippen molar-refractivity contribution >= 4 is 33.4 Å². The Morgan fingerprint density at radius 2 is 1.93 bits per heavy atom. The maximum absolute atomic E-state index is 13.8. The summed E-state index contributed by atoms with van der Waals surface area (Å²) in [5.41, 5.74) is 4.66. The molecule has 1 amide bonds. The third kappa shape index (κ3) is 5.22. The SMILES string of the molecule is C=C(F)C(=O)N1CCN(c2nc(O[C@@H]3CCN(C)[C@@H]3C)nc3c(C)c(-c4cccc5cccc(C)c45)ncc23)C[C@@H]1CC#N. The zero-order valence-corrected chi connectivity index (χ0v) is 25.5. The number of hydrogen-bond donors (Lipinski definition) is 0. The molecule has 2 aliphatic heterocycles. The van der Waals surface area contributed by atoms with Gasteiger partial charge in [0.2, 0.25) is 0 Å². The van der Waals surface area contributed by atoms with Crippen LogP contribution >= 0.6 is 0 Å². The number of aromatic nitrogens is 3. The van der Waals surface area contributed by atoms with Gasteiger partial charge in [-0.05, 0) is 50.6 Å². The van der Waals surface area contributed by atoms with Crippen LogP contribution in [0.4, 0.5) is 10.2 Å². The lowest BCUT2D eigenvalue weighted by atomic mass is 9.95. The lowest BCUT2D eigenvalue weighted by molar-refractivity contribution is -0.131. The molecule has 4 aromatic rings. The average molecular weight is 594 g/mol. The summed E-state index contributed by atoms with van der Waals surface area (Å²) in [5.74, 6) is -1.20. The Morgan fingerprint density at radius 3 is 2.64 bits per heavy atom. The molecule has 0 saturated carbocycles. The fourth-order valence-electron chi connectivity index (χ4n) is 6.57. The number of carbonyl (C=O) groups excluding carboxylic acids is 1. The van der Waals surface area contributed by atoms with Crippen molar-refractivity contribution in [2.24, 2.45) is 0 Å². The van der Waals surface area contributed by atoms with E-state index in [2.05, 4.69) is 68.8 Å². The first-order valence-electron chi connectivity index (χ1n) is 15.0. The lowest BCUT2D eigenvalue weighted by Crippen LogP contribution is -2.55. The van der Waals surface area contributed by atoms with Gasteiger partial charge in [-0.3, -0.25) is 14.7 Å². The zero-order chi connectivity index (χ0) is 31.1. The van der Waals surface area contributed by atoms with Crippen molar-refractivity contribution in [2.75, 3.05) is 38.1 Å². The predicted octanol–water partition coefficient (Wildman–Crippen LogP) is 5.35. The zero-order valence-electron chi connectivity index (χ0n) is 25.5. The highest BCUT2D eigenvalue weighted by Crippen LogP contribution is 2.37. The van der Waals surface area contributed by atoms with Crippen molar-refractivity contribution in [1.29, 1.82) is 5.26 Å². The number of nitriles is 1. The van der Waals surface area contributed by atoms with Crippen LogP contribution < -0.4 is 9.64 Å². The van der Waals surface area contributed by atoms with E-state index in [0.717, 1.165) is 57.0 Å². The molecule has 226 valence electrons. The summed E-state index contributed by atoms with van der Waals surface area (Å²) in [4.78, 5) is 33.1. The van der Waals surface area contributed by atoms with Crippen molar-refractivity contribution < 1.29 is 13.9 Å². The molecule has 0 radical (unpaired) electrons. The Hall–Kier alpha value is -4.62. The highest BCUT2D eigenvalue weighted by molar-refractivity contribution is 6.02. The van der Waals surface area contributed by atoms with Gasteiger partial charge < -0.3 is 14.5 Å². The Kier molecular flexibility index (Phi) is 7.91.